The Labute approximate surface area is 89.9 Å². The van der Waals surface area contributed by atoms with Crippen LogP contribution in [0, 0.1) is 0 Å². The van der Waals surface area contributed by atoms with Crippen LogP contribution in [0.1, 0.15) is 31.0 Å². The highest BCUT2D eigenvalue weighted by atomic mass is 16.1. The minimum atomic E-state index is -0.00501. The standard InChI is InChI=1S/C12H16N2O/c1-8-10-4-3-5-12(14-9(2)15)11(10)6-7-13-8/h3-5,8,13H,6-7H2,1-2H3,(H,14,15). The zero-order valence-electron chi connectivity index (χ0n) is 9.13. The van der Waals surface area contributed by atoms with Crippen LogP contribution < -0.4 is 10.6 Å². The van der Waals surface area contributed by atoms with E-state index in [1.807, 2.05) is 12.1 Å². The molecule has 0 spiro atoms. The van der Waals surface area contributed by atoms with E-state index in [1.165, 1.54) is 11.1 Å². The van der Waals surface area contributed by atoms with Gasteiger partial charge in [-0.25, -0.2) is 0 Å². The molecule has 0 fully saturated rings. The summed E-state index contributed by atoms with van der Waals surface area (Å²) in [5, 5.41) is 6.29. The lowest BCUT2D eigenvalue weighted by molar-refractivity contribution is -0.114. The second-order valence-corrected chi connectivity index (χ2v) is 3.98. The molecule has 1 atom stereocenters. The van der Waals surface area contributed by atoms with Crippen molar-refractivity contribution in [2.75, 3.05) is 11.9 Å². The number of benzene rings is 1. The van der Waals surface area contributed by atoms with E-state index in [2.05, 4.69) is 23.6 Å². The van der Waals surface area contributed by atoms with Gasteiger partial charge in [-0.05, 0) is 37.1 Å². The third kappa shape index (κ3) is 2.02. The zero-order valence-corrected chi connectivity index (χ0v) is 9.13. The maximum Gasteiger partial charge on any atom is 0.221 e. The molecule has 80 valence electrons. The molecule has 0 aliphatic carbocycles. The van der Waals surface area contributed by atoms with E-state index in [1.54, 1.807) is 6.92 Å². The van der Waals surface area contributed by atoms with Gasteiger partial charge in [-0.1, -0.05) is 12.1 Å². The first kappa shape index (κ1) is 10.2. The van der Waals surface area contributed by atoms with E-state index < -0.39 is 0 Å². The Hall–Kier alpha value is -1.35. The lowest BCUT2D eigenvalue weighted by Gasteiger charge is -2.25. The van der Waals surface area contributed by atoms with Crippen molar-refractivity contribution in [1.29, 1.82) is 0 Å². The molecule has 0 aromatic heterocycles. The van der Waals surface area contributed by atoms with E-state index in [0.717, 1.165) is 18.7 Å². The molecule has 1 aromatic carbocycles. The molecular weight excluding hydrogens is 188 g/mol. The van der Waals surface area contributed by atoms with Crippen molar-refractivity contribution in [1.82, 2.24) is 5.32 Å². The van der Waals surface area contributed by atoms with Crippen molar-refractivity contribution in [3.8, 4) is 0 Å². The first-order valence-corrected chi connectivity index (χ1v) is 5.31. The Kier molecular flexibility index (Phi) is 2.73. The summed E-state index contributed by atoms with van der Waals surface area (Å²) in [6.45, 7) is 4.67. The van der Waals surface area contributed by atoms with E-state index in [-0.39, 0.29) is 5.91 Å². The van der Waals surface area contributed by atoms with Gasteiger partial charge in [0.1, 0.15) is 0 Å². The maximum atomic E-state index is 11.1. The predicted molar refractivity (Wildman–Crippen MR) is 60.9 cm³/mol. The molecule has 1 aromatic rings. The summed E-state index contributed by atoms with van der Waals surface area (Å²) >= 11 is 0. The Morgan fingerprint density at radius 3 is 3.07 bits per heavy atom. The number of anilines is 1. The Balaban J connectivity index is 2.40. The molecule has 1 unspecified atom stereocenters. The monoisotopic (exact) mass is 204 g/mol. The smallest absolute Gasteiger partial charge is 0.221 e. The van der Waals surface area contributed by atoms with Gasteiger partial charge in [0, 0.05) is 18.7 Å². The van der Waals surface area contributed by atoms with Crippen molar-refractivity contribution in [3.05, 3.63) is 29.3 Å². The van der Waals surface area contributed by atoms with E-state index in [4.69, 9.17) is 0 Å². The third-order valence-corrected chi connectivity index (χ3v) is 2.81. The topological polar surface area (TPSA) is 41.1 Å². The van der Waals surface area contributed by atoms with Crippen LogP contribution >= 0.6 is 0 Å². The molecular formula is C12H16N2O. The molecule has 0 bridgehead atoms. The summed E-state index contributed by atoms with van der Waals surface area (Å²) in [4.78, 5) is 11.1. The second kappa shape index (κ2) is 4.03. The number of hydrogen-bond donors (Lipinski definition) is 2. The van der Waals surface area contributed by atoms with Crippen molar-refractivity contribution < 1.29 is 4.79 Å². The number of rotatable bonds is 1. The molecule has 1 aliphatic rings. The maximum absolute atomic E-state index is 11.1. The second-order valence-electron chi connectivity index (χ2n) is 3.98. The van der Waals surface area contributed by atoms with Crippen LogP contribution in [0.4, 0.5) is 5.69 Å². The summed E-state index contributed by atoms with van der Waals surface area (Å²) in [5.74, 6) is -0.00501. The van der Waals surface area contributed by atoms with Crippen LogP contribution in [0.2, 0.25) is 0 Å². The number of amides is 1. The van der Waals surface area contributed by atoms with E-state index >= 15 is 0 Å². The van der Waals surface area contributed by atoms with Gasteiger partial charge < -0.3 is 10.6 Å². The minimum absolute atomic E-state index is 0.00501. The fraction of sp³-hybridized carbons (Fsp3) is 0.417. The third-order valence-electron chi connectivity index (χ3n) is 2.81. The number of carbonyl (C=O) groups excluding carboxylic acids is 1. The van der Waals surface area contributed by atoms with E-state index in [9.17, 15) is 4.79 Å². The van der Waals surface area contributed by atoms with Crippen molar-refractivity contribution in [3.63, 3.8) is 0 Å². The molecule has 0 radical (unpaired) electrons. The van der Waals surface area contributed by atoms with Gasteiger partial charge in [0.25, 0.3) is 0 Å². The minimum Gasteiger partial charge on any atom is -0.326 e. The predicted octanol–water partition coefficient (Wildman–Crippen LogP) is 1.85. The van der Waals surface area contributed by atoms with Crippen LogP contribution in [0.25, 0.3) is 0 Å². The summed E-state index contributed by atoms with van der Waals surface area (Å²) in [7, 11) is 0. The molecule has 0 saturated heterocycles. The lowest BCUT2D eigenvalue weighted by Crippen LogP contribution is -2.28. The fourth-order valence-electron chi connectivity index (χ4n) is 2.12. The molecule has 3 heteroatoms. The number of hydrogen-bond acceptors (Lipinski definition) is 2. The molecule has 1 amide bonds. The first-order chi connectivity index (χ1) is 7.18. The molecule has 2 rings (SSSR count). The lowest BCUT2D eigenvalue weighted by atomic mass is 9.94. The Morgan fingerprint density at radius 1 is 1.53 bits per heavy atom. The molecule has 0 saturated carbocycles. The number of carbonyl (C=O) groups is 1. The Bertz CT molecular complexity index is 387. The van der Waals surface area contributed by atoms with E-state index in [0.29, 0.717) is 6.04 Å². The first-order valence-electron chi connectivity index (χ1n) is 5.31. The summed E-state index contributed by atoms with van der Waals surface area (Å²) in [5.41, 5.74) is 3.54. The quantitative estimate of drug-likeness (QED) is 0.733. The van der Waals surface area contributed by atoms with Gasteiger partial charge in [-0.15, -0.1) is 0 Å². The fourth-order valence-corrected chi connectivity index (χ4v) is 2.12. The van der Waals surface area contributed by atoms with Crippen molar-refractivity contribution in [2.24, 2.45) is 0 Å². The van der Waals surface area contributed by atoms with Gasteiger partial charge in [-0.3, -0.25) is 4.79 Å². The normalized spacial score (nSPS) is 19.5. The summed E-state index contributed by atoms with van der Waals surface area (Å²) < 4.78 is 0. The molecule has 3 nitrogen and oxygen atoms in total. The van der Waals surface area contributed by atoms with Gasteiger partial charge >= 0.3 is 0 Å². The Morgan fingerprint density at radius 2 is 2.33 bits per heavy atom. The summed E-state index contributed by atoms with van der Waals surface area (Å²) in [6, 6.07) is 6.46. The van der Waals surface area contributed by atoms with Gasteiger partial charge in [-0.2, -0.15) is 0 Å². The molecule has 2 N–H and O–H groups in total. The van der Waals surface area contributed by atoms with Crippen LogP contribution in [0.3, 0.4) is 0 Å². The van der Waals surface area contributed by atoms with Crippen molar-refractivity contribution >= 4 is 11.6 Å². The average Bonchev–Trinajstić information content (AvgIpc) is 2.19. The highest BCUT2D eigenvalue weighted by molar-refractivity contribution is 5.89. The van der Waals surface area contributed by atoms with Gasteiger partial charge in [0.15, 0.2) is 0 Å². The zero-order chi connectivity index (χ0) is 10.8. The van der Waals surface area contributed by atoms with Crippen molar-refractivity contribution in [2.45, 2.75) is 26.3 Å². The van der Waals surface area contributed by atoms with Crippen LogP contribution in [0.5, 0.6) is 0 Å². The van der Waals surface area contributed by atoms with Gasteiger partial charge in [0.2, 0.25) is 5.91 Å². The largest absolute Gasteiger partial charge is 0.326 e. The van der Waals surface area contributed by atoms with Gasteiger partial charge in [0.05, 0.1) is 0 Å². The van der Waals surface area contributed by atoms with Crippen LogP contribution in [-0.2, 0) is 11.2 Å². The molecule has 1 heterocycles. The molecule has 15 heavy (non-hydrogen) atoms. The highest BCUT2D eigenvalue weighted by Crippen LogP contribution is 2.28. The SMILES string of the molecule is CC(=O)Nc1cccc2c1CCNC2C. The number of nitrogens with one attached hydrogen (secondary N) is 2. The average molecular weight is 204 g/mol. The summed E-state index contributed by atoms with van der Waals surface area (Å²) in [6.07, 6.45) is 0.982. The van der Waals surface area contributed by atoms with Crippen LogP contribution in [-0.4, -0.2) is 12.5 Å². The number of fused-ring (bicyclic) bond motifs is 1. The van der Waals surface area contributed by atoms with Crippen LogP contribution in [0.15, 0.2) is 18.2 Å². The molecule has 1 aliphatic heterocycles. The highest BCUT2D eigenvalue weighted by Gasteiger charge is 2.18.